The van der Waals surface area contributed by atoms with Gasteiger partial charge >= 0.3 is 5.97 Å². The van der Waals surface area contributed by atoms with Crippen molar-refractivity contribution in [2.24, 2.45) is 0 Å². The molecule has 0 aliphatic carbocycles. The summed E-state index contributed by atoms with van der Waals surface area (Å²) in [5.41, 5.74) is -0.594. The molecular formula is C14H17FO4. The molecule has 0 saturated carbocycles. The number of aliphatic carboxylic acids is 1. The first-order valence-corrected chi connectivity index (χ1v) is 6.22. The molecule has 0 aromatic heterocycles. The van der Waals surface area contributed by atoms with Crippen molar-refractivity contribution in [3.05, 3.63) is 23.5 Å². The van der Waals surface area contributed by atoms with Crippen molar-refractivity contribution in [3.8, 4) is 11.5 Å². The summed E-state index contributed by atoms with van der Waals surface area (Å²) in [5.74, 6) is -0.622. The molecule has 0 spiro atoms. The molecule has 1 heterocycles. The SMILES string of the molecule is CC(C)(CC(=O)O)c1c(F)ccc2c1OCCCO2. The zero-order valence-electron chi connectivity index (χ0n) is 11.0. The van der Waals surface area contributed by atoms with Crippen molar-refractivity contribution >= 4 is 5.97 Å². The van der Waals surface area contributed by atoms with Crippen LogP contribution in [0, 0.1) is 5.82 Å². The number of carboxylic acids is 1. The zero-order chi connectivity index (χ0) is 14.0. The topological polar surface area (TPSA) is 55.8 Å². The number of fused-ring (bicyclic) bond motifs is 1. The van der Waals surface area contributed by atoms with Crippen LogP contribution in [0.25, 0.3) is 0 Å². The fourth-order valence-electron chi connectivity index (χ4n) is 2.31. The summed E-state index contributed by atoms with van der Waals surface area (Å²) in [6, 6.07) is 2.82. The van der Waals surface area contributed by atoms with Crippen LogP contribution >= 0.6 is 0 Å². The Labute approximate surface area is 111 Å². The lowest BCUT2D eigenvalue weighted by atomic mass is 9.80. The molecule has 0 atom stereocenters. The van der Waals surface area contributed by atoms with Crippen molar-refractivity contribution in [1.82, 2.24) is 0 Å². The second-order valence-corrected chi connectivity index (χ2v) is 5.25. The number of hydrogen-bond acceptors (Lipinski definition) is 3. The van der Waals surface area contributed by atoms with E-state index in [0.717, 1.165) is 6.42 Å². The van der Waals surface area contributed by atoms with Crippen molar-refractivity contribution < 1.29 is 23.8 Å². The Morgan fingerprint density at radius 3 is 2.74 bits per heavy atom. The third kappa shape index (κ3) is 2.80. The second-order valence-electron chi connectivity index (χ2n) is 5.25. The number of carbonyl (C=O) groups is 1. The minimum Gasteiger partial charge on any atom is -0.490 e. The summed E-state index contributed by atoms with van der Waals surface area (Å²) in [4.78, 5) is 10.9. The molecule has 2 rings (SSSR count). The van der Waals surface area contributed by atoms with E-state index in [1.807, 2.05) is 0 Å². The first-order chi connectivity index (χ1) is 8.92. The third-order valence-electron chi connectivity index (χ3n) is 3.13. The Kier molecular flexibility index (Phi) is 3.64. The van der Waals surface area contributed by atoms with Crippen LogP contribution in [-0.2, 0) is 10.2 Å². The Morgan fingerprint density at radius 2 is 2.05 bits per heavy atom. The van der Waals surface area contributed by atoms with Gasteiger partial charge in [0.15, 0.2) is 11.5 Å². The standard InChI is InChI=1S/C14H17FO4/c1-14(2,8-11(16)17)12-9(15)4-5-10-13(12)19-7-3-6-18-10/h4-5H,3,6-8H2,1-2H3,(H,16,17). The summed E-state index contributed by atoms with van der Waals surface area (Å²) in [6.45, 7) is 4.33. The molecule has 1 aromatic rings. The Bertz CT molecular complexity index is 496. The van der Waals surface area contributed by atoms with Crippen molar-refractivity contribution in [1.29, 1.82) is 0 Å². The van der Waals surface area contributed by atoms with E-state index >= 15 is 0 Å². The second kappa shape index (κ2) is 5.07. The van der Waals surface area contributed by atoms with Crippen LogP contribution in [0.1, 0.15) is 32.3 Å². The smallest absolute Gasteiger partial charge is 0.304 e. The van der Waals surface area contributed by atoms with Crippen LogP contribution in [0.15, 0.2) is 12.1 Å². The van der Waals surface area contributed by atoms with Crippen molar-refractivity contribution in [2.45, 2.75) is 32.1 Å². The molecule has 0 fully saturated rings. The molecule has 4 nitrogen and oxygen atoms in total. The van der Waals surface area contributed by atoms with Crippen LogP contribution < -0.4 is 9.47 Å². The van der Waals surface area contributed by atoms with Gasteiger partial charge in [-0.2, -0.15) is 0 Å². The van der Waals surface area contributed by atoms with E-state index in [1.54, 1.807) is 13.8 Å². The number of ether oxygens (including phenoxy) is 2. The molecule has 1 aromatic carbocycles. The van der Waals surface area contributed by atoms with Crippen LogP contribution in [0.4, 0.5) is 4.39 Å². The molecule has 19 heavy (non-hydrogen) atoms. The van der Waals surface area contributed by atoms with Gasteiger partial charge in [-0.15, -0.1) is 0 Å². The molecule has 0 bridgehead atoms. The molecule has 104 valence electrons. The van der Waals surface area contributed by atoms with Gasteiger partial charge in [-0.25, -0.2) is 4.39 Å². The predicted molar refractivity (Wildman–Crippen MR) is 67.3 cm³/mol. The lowest BCUT2D eigenvalue weighted by Crippen LogP contribution is -2.24. The van der Waals surface area contributed by atoms with Crippen molar-refractivity contribution in [2.75, 3.05) is 13.2 Å². The zero-order valence-corrected chi connectivity index (χ0v) is 11.0. The number of rotatable bonds is 3. The fraction of sp³-hybridized carbons (Fsp3) is 0.500. The Morgan fingerprint density at radius 1 is 1.37 bits per heavy atom. The summed E-state index contributed by atoms with van der Waals surface area (Å²) in [7, 11) is 0. The molecule has 0 radical (unpaired) electrons. The monoisotopic (exact) mass is 268 g/mol. The van der Waals surface area contributed by atoms with Crippen LogP contribution in [0.3, 0.4) is 0 Å². The van der Waals surface area contributed by atoms with Gasteiger partial charge in [-0.3, -0.25) is 4.79 Å². The maximum atomic E-state index is 14.1. The molecule has 0 saturated heterocycles. The van der Waals surface area contributed by atoms with E-state index < -0.39 is 17.2 Å². The highest BCUT2D eigenvalue weighted by Crippen LogP contribution is 2.43. The fourth-order valence-corrected chi connectivity index (χ4v) is 2.31. The van der Waals surface area contributed by atoms with E-state index in [-0.39, 0.29) is 12.0 Å². The summed E-state index contributed by atoms with van der Waals surface area (Å²) in [6.07, 6.45) is 0.541. The van der Waals surface area contributed by atoms with Gasteiger partial charge < -0.3 is 14.6 Å². The minimum atomic E-state index is -0.975. The predicted octanol–water partition coefficient (Wildman–Crippen LogP) is 2.74. The van der Waals surface area contributed by atoms with Crippen LogP contribution in [0.2, 0.25) is 0 Å². The number of hydrogen-bond donors (Lipinski definition) is 1. The van der Waals surface area contributed by atoms with Gasteiger partial charge in [0.05, 0.1) is 19.6 Å². The van der Waals surface area contributed by atoms with Crippen LogP contribution in [0.5, 0.6) is 11.5 Å². The Balaban J connectivity index is 2.52. The van der Waals surface area contributed by atoms with Gasteiger partial charge in [-0.05, 0) is 12.1 Å². The van der Waals surface area contributed by atoms with E-state index in [1.165, 1.54) is 12.1 Å². The first-order valence-electron chi connectivity index (χ1n) is 6.22. The van der Waals surface area contributed by atoms with E-state index in [2.05, 4.69) is 0 Å². The average molecular weight is 268 g/mol. The summed E-state index contributed by atoms with van der Waals surface area (Å²) < 4.78 is 25.2. The number of benzene rings is 1. The Hall–Kier alpha value is -1.78. The highest BCUT2D eigenvalue weighted by Gasteiger charge is 2.33. The number of halogens is 1. The van der Waals surface area contributed by atoms with Crippen molar-refractivity contribution in [3.63, 3.8) is 0 Å². The lowest BCUT2D eigenvalue weighted by Gasteiger charge is -2.26. The minimum absolute atomic E-state index is 0.177. The van der Waals surface area contributed by atoms with Gasteiger partial charge in [0.2, 0.25) is 0 Å². The average Bonchev–Trinajstić information content (AvgIpc) is 2.51. The lowest BCUT2D eigenvalue weighted by molar-refractivity contribution is -0.138. The van der Waals surface area contributed by atoms with Crippen LogP contribution in [-0.4, -0.2) is 24.3 Å². The molecule has 1 aliphatic rings. The highest BCUT2D eigenvalue weighted by atomic mass is 19.1. The first kappa shape index (κ1) is 13.6. The summed E-state index contributed by atoms with van der Waals surface area (Å²) in [5, 5.41) is 8.97. The quantitative estimate of drug-likeness (QED) is 0.915. The third-order valence-corrected chi connectivity index (χ3v) is 3.13. The molecule has 0 amide bonds. The number of carboxylic acid groups (broad SMARTS) is 1. The molecule has 5 heteroatoms. The summed E-state index contributed by atoms with van der Waals surface area (Å²) >= 11 is 0. The molecule has 0 unspecified atom stereocenters. The van der Waals surface area contributed by atoms with Gasteiger partial charge in [0.25, 0.3) is 0 Å². The van der Waals surface area contributed by atoms with Gasteiger partial charge in [0.1, 0.15) is 5.82 Å². The van der Waals surface area contributed by atoms with Gasteiger partial charge in [-0.1, -0.05) is 13.8 Å². The van der Waals surface area contributed by atoms with E-state index in [9.17, 15) is 9.18 Å². The highest BCUT2D eigenvalue weighted by molar-refractivity contribution is 5.69. The molecular weight excluding hydrogens is 251 g/mol. The maximum Gasteiger partial charge on any atom is 0.304 e. The largest absolute Gasteiger partial charge is 0.490 e. The van der Waals surface area contributed by atoms with Gasteiger partial charge in [0, 0.05) is 17.4 Å². The molecule has 1 aliphatic heterocycles. The van der Waals surface area contributed by atoms with E-state index in [0.29, 0.717) is 24.7 Å². The van der Waals surface area contributed by atoms with E-state index in [4.69, 9.17) is 14.6 Å². The molecule has 1 N–H and O–H groups in total. The maximum absolute atomic E-state index is 14.1. The normalized spacial score (nSPS) is 14.9.